The van der Waals surface area contributed by atoms with Gasteiger partial charge < -0.3 is 0 Å². The lowest BCUT2D eigenvalue weighted by Gasteiger charge is -2.20. The summed E-state index contributed by atoms with van der Waals surface area (Å²) >= 11 is 0. The molecule has 0 aliphatic heterocycles. The van der Waals surface area contributed by atoms with E-state index in [9.17, 15) is 0 Å². The van der Waals surface area contributed by atoms with Gasteiger partial charge in [0.15, 0.2) is 0 Å². The maximum absolute atomic E-state index is 3.89. The molecule has 0 aromatic rings. The van der Waals surface area contributed by atoms with Crippen LogP contribution >= 0.6 is 0 Å². The molecule has 0 fully saturated rings. The molecule has 0 spiro atoms. The molecule has 0 aliphatic rings. The topological polar surface area (TPSA) is 0 Å². The van der Waals surface area contributed by atoms with E-state index in [1.54, 1.807) is 0 Å². The van der Waals surface area contributed by atoms with E-state index in [1.165, 1.54) is 12.1 Å². The van der Waals surface area contributed by atoms with Gasteiger partial charge in [-0.2, -0.15) is 0 Å². The zero-order chi connectivity index (χ0) is 10.3. The van der Waals surface area contributed by atoms with Gasteiger partial charge in [0.1, 0.15) is 8.07 Å². The lowest BCUT2D eigenvalue weighted by atomic mass is 10.9. The van der Waals surface area contributed by atoms with Crippen LogP contribution in [0.2, 0.25) is 18.6 Å². The second kappa shape index (κ2) is 5.94. The van der Waals surface area contributed by atoms with Crippen molar-refractivity contribution < 1.29 is 0 Å². The van der Waals surface area contributed by atoms with Gasteiger partial charge in [0.05, 0.1) is 8.80 Å². The maximum atomic E-state index is 3.89. The molecule has 72 valence electrons. The molecule has 0 saturated heterocycles. The molecule has 0 aromatic carbocycles. The Hall–Kier alpha value is -0.606. The van der Waals surface area contributed by atoms with Gasteiger partial charge in [-0.3, -0.25) is 0 Å². The average molecular weight is 208 g/mol. The first-order chi connectivity index (χ1) is 6.14. The smallest absolute Gasteiger partial charge is 0.107 e. The minimum absolute atomic E-state index is 0.668. The van der Waals surface area contributed by atoms with Crippen molar-refractivity contribution in [2.75, 3.05) is 0 Å². The van der Waals surface area contributed by atoms with E-state index >= 15 is 0 Å². The fourth-order valence-electron chi connectivity index (χ4n) is 1.15. The summed E-state index contributed by atoms with van der Waals surface area (Å²) < 4.78 is 0. The highest BCUT2D eigenvalue weighted by Gasteiger charge is 2.21. The summed E-state index contributed by atoms with van der Waals surface area (Å²) in [6.07, 6.45) is 0. The van der Waals surface area contributed by atoms with Crippen LogP contribution < -0.4 is 0 Å². The summed E-state index contributed by atoms with van der Waals surface area (Å²) in [5.74, 6) is 0. The average Bonchev–Trinajstić information content (AvgIpc) is 2.20. The lowest BCUT2D eigenvalue weighted by Crippen LogP contribution is -2.27. The molecule has 0 nitrogen and oxygen atoms in total. The largest absolute Gasteiger partial charge is 0.124 e. The molecule has 0 heterocycles. The van der Waals surface area contributed by atoms with Gasteiger partial charge in [-0.15, -0.1) is 32.0 Å². The Bertz CT molecular complexity index is 184. The van der Waals surface area contributed by atoms with Gasteiger partial charge in [-0.25, -0.2) is 0 Å². The van der Waals surface area contributed by atoms with E-state index in [-0.39, 0.29) is 0 Å². The summed E-state index contributed by atoms with van der Waals surface area (Å²) in [7, 11) is -2.19. The summed E-state index contributed by atoms with van der Waals surface area (Å²) in [4.78, 5) is 0. The predicted molar refractivity (Wildman–Crippen MR) is 69.2 cm³/mol. The van der Waals surface area contributed by atoms with E-state index in [0.29, 0.717) is 0 Å². The van der Waals surface area contributed by atoms with Gasteiger partial charge in [0, 0.05) is 0 Å². The van der Waals surface area contributed by atoms with Crippen LogP contribution in [0.4, 0.5) is 0 Å². The van der Waals surface area contributed by atoms with Crippen molar-refractivity contribution in [1.82, 2.24) is 0 Å². The Morgan fingerprint density at radius 3 is 1.85 bits per heavy atom. The Kier molecular flexibility index (Phi) is 5.66. The van der Waals surface area contributed by atoms with Crippen LogP contribution in [0.15, 0.2) is 49.1 Å². The summed E-state index contributed by atoms with van der Waals surface area (Å²) in [6.45, 7) is 17.8. The molecule has 0 aliphatic carbocycles. The summed E-state index contributed by atoms with van der Waals surface area (Å²) in [5.41, 5.74) is 8.33. The van der Waals surface area contributed by atoms with E-state index in [4.69, 9.17) is 0 Å². The second-order valence-corrected chi connectivity index (χ2v) is 10.4. The number of rotatable bonds is 7. The van der Waals surface area contributed by atoms with Crippen molar-refractivity contribution in [1.29, 1.82) is 0 Å². The van der Waals surface area contributed by atoms with Crippen LogP contribution in [0.3, 0.4) is 0 Å². The maximum Gasteiger partial charge on any atom is 0.124 e. The zero-order valence-electron chi connectivity index (χ0n) is 8.63. The van der Waals surface area contributed by atoms with Crippen molar-refractivity contribution in [3.8, 4) is 0 Å². The van der Waals surface area contributed by atoms with E-state index in [0.717, 1.165) is 0 Å². The van der Waals surface area contributed by atoms with Crippen molar-refractivity contribution in [3.05, 3.63) is 49.1 Å². The normalized spacial score (nSPS) is 13.0. The van der Waals surface area contributed by atoms with Gasteiger partial charge in [0.25, 0.3) is 0 Å². The van der Waals surface area contributed by atoms with E-state index in [1.807, 2.05) is 0 Å². The third-order valence-electron chi connectivity index (χ3n) is 2.58. The van der Waals surface area contributed by atoms with Crippen LogP contribution in [0.1, 0.15) is 0 Å². The van der Waals surface area contributed by atoms with Crippen LogP contribution in [-0.4, -0.2) is 16.9 Å². The first-order valence-electron chi connectivity index (χ1n) is 4.67. The molecular formula is C11H20Si2. The molecule has 0 radical (unpaired) electrons. The Morgan fingerprint density at radius 1 is 1.08 bits per heavy atom. The molecule has 0 N–H and O–H groups in total. The van der Waals surface area contributed by atoms with Crippen LogP contribution in [0.25, 0.3) is 0 Å². The predicted octanol–water partition coefficient (Wildman–Crippen LogP) is 3.19. The summed E-state index contributed by atoms with van der Waals surface area (Å²) in [6, 6.07) is 2.50. The van der Waals surface area contributed by atoms with Gasteiger partial charge in [-0.1, -0.05) is 29.7 Å². The highest BCUT2D eigenvalue weighted by Crippen LogP contribution is 2.18. The highest BCUT2D eigenvalue weighted by molar-refractivity contribution is 6.93. The quantitative estimate of drug-likeness (QED) is 0.564. The van der Waals surface area contributed by atoms with Crippen molar-refractivity contribution in [2.45, 2.75) is 18.6 Å². The highest BCUT2D eigenvalue weighted by atomic mass is 28.3. The van der Waals surface area contributed by atoms with Crippen molar-refractivity contribution in [2.24, 2.45) is 0 Å². The molecule has 0 saturated carbocycles. The van der Waals surface area contributed by atoms with Gasteiger partial charge in [-0.05, 0) is 6.04 Å². The van der Waals surface area contributed by atoms with Gasteiger partial charge in [0.2, 0.25) is 0 Å². The molecule has 0 amide bonds. The van der Waals surface area contributed by atoms with Crippen LogP contribution in [0.5, 0.6) is 0 Å². The van der Waals surface area contributed by atoms with Gasteiger partial charge >= 0.3 is 0 Å². The minimum Gasteiger partial charge on any atom is -0.107 e. The third kappa shape index (κ3) is 3.74. The molecule has 0 rings (SSSR count). The van der Waals surface area contributed by atoms with E-state index in [2.05, 4.69) is 55.7 Å². The first-order valence-corrected chi connectivity index (χ1v) is 9.75. The standard InChI is InChI=1S/C11H20Si2/c1-6-12(5)10-11-13(7-2,8-3)9-4/h6-9,12H,1-4,10-11H2,5H3. The van der Waals surface area contributed by atoms with Crippen LogP contribution in [-0.2, 0) is 0 Å². The molecule has 1 atom stereocenters. The SMILES string of the molecule is C=C[SiH](C)CC[Si](C=C)(C=C)C=C. The molecular weight excluding hydrogens is 188 g/mol. The lowest BCUT2D eigenvalue weighted by molar-refractivity contribution is 1.36. The minimum atomic E-state index is -1.52. The Balaban J connectivity index is 4.26. The molecule has 0 bridgehead atoms. The first kappa shape index (κ1) is 12.4. The molecule has 0 aromatic heterocycles. The van der Waals surface area contributed by atoms with Crippen LogP contribution in [0, 0.1) is 0 Å². The monoisotopic (exact) mass is 208 g/mol. The van der Waals surface area contributed by atoms with Crippen molar-refractivity contribution in [3.63, 3.8) is 0 Å². The molecule has 2 heteroatoms. The number of hydrogen-bond donors (Lipinski definition) is 0. The fourth-order valence-corrected chi connectivity index (χ4v) is 6.32. The van der Waals surface area contributed by atoms with Crippen molar-refractivity contribution >= 4 is 16.9 Å². The third-order valence-corrected chi connectivity index (χ3v) is 8.59. The molecule has 1 unspecified atom stereocenters. The molecule has 13 heavy (non-hydrogen) atoms. The Morgan fingerprint density at radius 2 is 1.54 bits per heavy atom. The van der Waals surface area contributed by atoms with E-state index < -0.39 is 16.9 Å². The fraction of sp³-hybridized carbons (Fsp3) is 0.273. The zero-order valence-corrected chi connectivity index (χ0v) is 10.8. The summed E-state index contributed by atoms with van der Waals surface area (Å²) in [5, 5.41) is 0. The second-order valence-electron chi connectivity index (χ2n) is 3.48. The number of hydrogen-bond acceptors (Lipinski definition) is 0. The Labute approximate surface area is 85.0 Å².